The van der Waals surface area contributed by atoms with Crippen molar-refractivity contribution in [3.63, 3.8) is 0 Å². The summed E-state index contributed by atoms with van der Waals surface area (Å²) in [5.41, 5.74) is 0.409. The van der Waals surface area contributed by atoms with Crippen LogP contribution < -0.4 is 5.32 Å². The Hall–Kier alpha value is -0.120. The number of nitrogens with one attached hydrogen (secondary N) is 1. The molecular formula is C15H29N3. The molecule has 0 aromatic carbocycles. The first-order valence-electron chi connectivity index (χ1n) is 7.93. The average molecular weight is 251 g/mol. The highest BCUT2D eigenvalue weighted by molar-refractivity contribution is 5.03. The summed E-state index contributed by atoms with van der Waals surface area (Å²) in [7, 11) is 0. The lowest BCUT2D eigenvalue weighted by Crippen LogP contribution is -2.63. The minimum absolute atomic E-state index is 0.409. The van der Waals surface area contributed by atoms with Gasteiger partial charge >= 0.3 is 0 Å². The molecule has 3 rings (SSSR count). The van der Waals surface area contributed by atoms with Gasteiger partial charge in [0.2, 0.25) is 0 Å². The van der Waals surface area contributed by atoms with E-state index in [0.29, 0.717) is 5.54 Å². The Kier molecular flexibility index (Phi) is 3.65. The Morgan fingerprint density at radius 1 is 1.22 bits per heavy atom. The molecule has 1 N–H and O–H groups in total. The molecule has 0 aromatic rings. The number of likely N-dealkylation sites (N-methyl/N-ethyl adjacent to an activating group) is 1. The van der Waals surface area contributed by atoms with Gasteiger partial charge in [0.15, 0.2) is 0 Å². The molecule has 0 bridgehead atoms. The Morgan fingerprint density at radius 3 is 2.78 bits per heavy atom. The Bertz CT molecular complexity index is 289. The summed E-state index contributed by atoms with van der Waals surface area (Å²) in [5, 5.41) is 3.80. The van der Waals surface area contributed by atoms with Crippen molar-refractivity contribution in [2.75, 3.05) is 39.3 Å². The van der Waals surface area contributed by atoms with Gasteiger partial charge in [0.1, 0.15) is 0 Å². The van der Waals surface area contributed by atoms with Crippen LogP contribution in [0.5, 0.6) is 0 Å². The Morgan fingerprint density at radius 2 is 2.06 bits per heavy atom. The molecule has 2 atom stereocenters. The van der Waals surface area contributed by atoms with Crippen molar-refractivity contribution >= 4 is 0 Å². The van der Waals surface area contributed by atoms with Gasteiger partial charge < -0.3 is 10.2 Å². The zero-order valence-corrected chi connectivity index (χ0v) is 12.1. The molecule has 3 nitrogen and oxygen atoms in total. The van der Waals surface area contributed by atoms with Crippen molar-refractivity contribution in [1.82, 2.24) is 15.1 Å². The first-order chi connectivity index (χ1) is 8.71. The second kappa shape index (κ2) is 5.10. The number of piperazine rings is 1. The summed E-state index contributed by atoms with van der Waals surface area (Å²) in [5.74, 6) is 0.950. The monoisotopic (exact) mass is 251 g/mol. The summed E-state index contributed by atoms with van der Waals surface area (Å²) in [4.78, 5) is 5.42. The van der Waals surface area contributed by atoms with E-state index < -0.39 is 0 Å². The van der Waals surface area contributed by atoms with E-state index in [1.165, 1.54) is 65.0 Å². The van der Waals surface area contributed by atoms with Crippen LogP contribution in [0, 0.1) is 5.92 Å². The van der Waals surface area contributed by atoms with Gasteiger partial charge in [0.25, 0.3) is 0 Å². The molecule has 0 aromatic heterocycles. The van der Waals surface area contributed by atoms with Crippen LogP contribution in [0.2, 0.25) is 0 Å². The normalized spacial score (nSPS) is 40.0. The Labute approximate surface area is 112 Å². The third kappa shape index (κ3) is 2.59. The first-order valence-corrected chi connectivity index (χ1v) is 7.93. The van der Waals surface area contributed by atoms with Gasteiger partial charge in [-0.05, 0) is 51.6 Å². The van der Waals surface area contributed by atoms with E-state index in [1.54, 1.807) is 0 Å². The van der Waals surface area contributed by atoms with E-state index in [4.69, 9.17) is 0 Å². The van der Waals surface area contributed by atoms with Crippen LogP contribution in [0.4, 0.5) is 0 Å². The van der Waals surface area contributed by atoms with Crippen LogP contribution in [0.15, 0.2) is 0 Å². The molecule has 0 amide bonds. The van der Waals surface area contributed by atoms with E-state index in [9.17, 15) is 0 Å². The third-order valence-corrected chi connectivity index (χ3v) is 5.38. The summed E-state index contributed by atoms with van der Waals surface area (Å²) in [6.07, 6.45) is 5.70. The first kappa shape index (κ1) is 12.9. The Balaban J connectivity index is 1.61. The highest BCUT2D eigenvalue weighted by atomic mass is 15.3. The van der Waals surface area contributed by atoms with Crippen molar-refractivity contribution in [3.05, 3.63) is 0 Å². The van der Waals surface area contributed by atoms with Crippen molar-refractivity contribution in [3.8, 4) is 0 Å². The molecular weight excluding hydrogens is 222 g/mol. The summed E-state index contributed by atoms with van der Waals surface area (Å²) >= 11 is 0. The fraction of sp³-hybridized carbons (Fsp3) is 1.00. The van der Waals surface area contributed by atoms with Gasteiger partial charge in [-0.15, -0.1) is 0 Å². The number of piperidine rings is 1. The molecule has 2 heterocycles. The van der Waals surface area contributed by atoms with E-state index >= 15 is 0 Å². The minimum atomic E-state index is 0.409. The molecule has 2 aliphatic heterocycles. The van der Waals surface area contributed by atoms with Crippen molar-refractivity contribution in [1.29, 1.82) is 0 Å². The zero-order valence-electron chi connectivity index (χ0n) is 12.1. The molecule has 2 unspecified atom stereocenters. The lowest BCUT2D eigenvalue weighted by molar-refractivity contribution is 0.0467. The van der Waals surface area contributed by atoms with Crippen molar-refractivity contribution in [2.45, 2.75) is 51.1 Å². The van der Waals surface area contributed by atoms with Crippen molar-refractivity contribution in [2.24, 2.45) is 5.92 Å². The summed E-state index contributed by atoms with van der Waals surface area (Å²) in [6, 6.07) is 0.818. The summed E-state index contributed by atoms with van der Waals surface area (Å²) < 4.78 is 0. The van der Waals surface area contributed by atoms with Gasteiger partial charge in [-0.3, -0.25) is 4.90 Å². The lowest BCUT2D eigenvalue weighted by atomic mass is 9.91. The average Bonchev–Trinajstić information content (AvgIpc) is 3.24. The summed E-state index contributed by atoms with van der Waals surface area (Å²) in [6.45, 7) is 12.3. The van der Waals surface area contributed by atoms with Crippen LogP contribution in [0.25, 0.3) is 0 Å². The highest BCUT2D eigenvalue weighted by Crippen LogP contribution is 2.41. The predicted molar refractivity (Wildman–Crippen MR) is 75.8 cm³/mol. The molecule has 1 saturated carbocycles. The fourth-order valence-electron chi connectivity index (χ4n) is 3.96. The molecule has 3 fully saturated rings. The van der Waals surface area contributed by atoms with Gasteiger partial charge in [0, 0.05) is 37.8 Å². The number of hydrogen-bond donors (Lipinski definition) is 1. The largest absolute Gasteiger partial charge is 0.309 e. The van der Waals surface area contributed by atoms with Gasteiger partial charge in [0.05, 0.1) is 0 Å². The van der Waals surface area contributed by atoms with Gasteiger partial charge in [-0.2, -0.15) is 0 Å². The van der Waals surface area contributed by atoms with Crippen LogP contribution in [0.1, 0.15) is 39.5 Å². The lowest BCUT2D eigenvalue weighted by Gasteiger charge is -2.47. The predicted octanol–water partition coefficient (Wildman–Crippen LogP) is 1.54. The van der Waals surface area contributed by atoms with Crippen LogP contribution in [-0.4, -0.2) is 60.6 Å². The second-order valence-electron chi connectivity index (χ2n) is 6.78. The van der Waals surface area contributed by atoms with Crippen LogP contribution in [0.3, 0.4) is 0 Å². The van der Waals surface area contributed by atoms with Crippen molar-refractivity contribution < 1.29 is 0 Å². The molecule has 104 valence electrons. The zero-order chi connectivity index (χ0) is 12.6. The topological polar surface area (TPSA) is 18.5 Å². The van der Waals surface area contributed by atoms with E-state index in [0.717, 1.165) is 12.0 Å². The number of hydrogen-bond acceptors (Lipinski definition) is 3. The number of likely N-dealkylation sites (tertiary alicyclic amines) is 1. The minimum Gasteiger partial charge on any atom is -0.309 e. The molecule has 3 heteroatoms. The smallest absolute Gasteiger partial charge is 0.0309 e. The molecule has 18 heavy (non-hydrogen) atoms. The standard InChI is InChI=1S/C15H29N3/c1-3-17-9-4-5-14(11-17)18-10-8-16-15(2,12-18)13-6-7-13/h13-14,16H,3-12H2,1-2H3. The molecule has 3 aliphatic rings. The second-order valence-corrected chi connectivity index (χ2v) is 6.78. The van der Waals surface area contributed by atoms with E-state index in [1.807, 2.05) is 0 Å². The SMILES string of the molecule is CCN1CCCC(N2CCNC(C)(C3CC3)C2)C1. The van der Waals surface area contributed by atoms with Gasteiger partial charge in [-0.25, -0.2) is 0 Å². The number of nitrogens with zero attached hydrogens (tertiary/aromatic N) is 2. The molecule has 0 spiro atoms. The quantitative estimate of drug-likeness (QED) is 0.821. The fourth-order valence-corrected chi connectivity index (χ4v) is 3.96. The van der Waals surface area contributed by atoms with E-state index in [-0.39, 0.29) is 0 Å². The van der Waals surface area contributed by atoms with E-state index in [2.05, 4.69) is 29.0 Å². The van der Waals surface area contributed by atoms with Crippen LogP contribution in [-0.2, 0) is 0 Å². The van der Waals surface area contributed by atoms with Gasteiger partial charge in [-0.1, -0.05) is 6.92 Å². The maximum Gasteiger partial charge on any atom is 0.0309 e. The molecule has 1 aliphatic carbocycles. The molecule has 2 saturated heterocycles. The third-order valence-electron chi connectivity index (χ3n) is 5.38. The maximum absolute atomic E-state index is 3.80. The van der Waals surface area contributed by atoms with Crippen LogP contribution >= 0.6 is 0 Å². The number of rotatable bonds is 3. The molecule has 0 radical (unpaired) electrons. The maximum atomic E-state index is 3.80. The highest BCUT2D eigenvalue weighted by Gasteiger charge is 2.45.